The maximum absolute atomic E-state index is 13.4. The zero-order valence-corrected chi connectivity index (χ0v) is 17.4. The molecule has 0 radical (unpaired) electrons. The molecule has 0 saturated carbocycles. The maximum atomic E-state index is 13.4. The Morgan fingerprint density at radius 2 is 1.34 bits per heavy atom. The Morgan fingerprint density at radius 3 is 1.93 bits per heavy atom. The van der Waals surface area contributed by atoms with Gasteiger partial charge in [0, 0.05) is 12.0 Å². The molecule has 152 valence electrons. The van der Waals surface area contributed by atoms with Gasteiger partial charge in [-0.25, -0.2) is 4.39 Å². The Bertz CT molecular complexity index is 859. The number of ether oxygens (including phenoxy) is 1. The fourth-order valence-corrected chi connectivity index (χ4v) is 3.58. The molecule has 0 saturated heterocycles. The van der Waals surface area contributed by atoms with Crippen molar-refractivity contribution in [3.05, 3.63) is 101 Å². The predicted octanol–water partition coefficient (Wildman–Crippen LogP) is 6.49. The van der Waals surface area contributed by atoms with Gasteiger partial charge in [0.15, 0.2) is 0 Å². The number of hydrogen-bond acceptors (Lipinski definition) is 2. The van der Waals surface area contributed by atoms with E-state index < -0.39 is 0 Å². The van der Waals surface area contributed by atoms with Crippen LogP contribution in [0.15, 0.2) is 78.9 Å². The Morgan fingerprint density at radius 1 is 0.759 bits per heavy atom. The number of halogens is 1. The van der Waals surface area contributed by atoms with Crippen LogP contribution in [-0.2, 0) is 0 Å². The highest BCUT2D eigenvalue weighted by Gasteiger charge is 2.15. The van der Waals surface area contributed by atoms with Crippen molar-refractivity contribution in [1.29, 1.82) is 0 Å². The maximum Gasteiger partial charge on any atom is 0.123 e. The Kier molecular flexibility index (Phi) is 7.42. The van der Waals surface area contributed by atoms with Gasteiger partial charge in [0.05, 0.1) is 6.10 Å². The largest absolute Gasteiger partial charge is 0.491 e. The molecular weight excluding hydrogens is 361 g/mol. The van der Waals surface area contributed by atoms with E-state index in [9.17, 15) is 4.39 Å². The van der Waals surface area contributed by atoms with E-state index in [4.69, 9.17) is 4.74 Å². The first kappa shape index (κ1) is 21.1. The summed E-state index contributed by atoms with van der Waals surface area (Å²) in [6.07, 6.45) is 1.07. The molecule has 3 rings (SSSR count). The second-order valence-corrected chi connectivity index (χ2v) is 7.71. The third-order valence-electron chi connectivity index (χ3n) is 5.11. The molecule has 3 aromatic carbocycles. The van der Waals surface area contributed by atoms with Crippen LogP contribution in [0.1, 0.15) is 55.8 Å². The molecule has 0 aliphatic rings. The average Bonchev–Trinajstić information content (AvgIpc) is 2.73. The van der Waals surface area contributed by atoms with Gasteiger partial charge in [-0.15, -0.1) is 0 Å². The molecule has 0 spiro atoms. The molecular formula is C26H30FNO. The summed E-state index contributed by atoms with van der Waals surface area (Å²) in [7, 11) is 0. The van der Waals surface area contributed by atoms with Gasteiger partial charge in [0.2, 0.25) is 0 Å². The Hall–Kier alpha value is -2.65. The molecule has 0 aliphatic carbocycles. The first-order chi connectivity index (χ1) is 14.0. The molecule has 3 aromatic rings. The van der Waals surface area contributed by atoms with E-state index in [1.165, 1.54) is 11.1 Å². The minimum Gasteiger partial charge on any atom is -0.491 e. The van der Waals surface area contributed by atoms with Crippen molar-refractivity contribution in [3.8, 4) is 5.75 Å². The van der Waals surface area contributed by atoms with Crippen LogP contribution in [0.5, 0.6) is 5.75 Å². The minimum absolute atomic E-state index is 0.150. The molecule has 0 heterocycles. The van der Waals surface area contributed by atoms with Crippen molar-refractivity contribution in [2.75, 3.05) is 6.54 Å². The topological polar surface area (TPSA) is 21.3 Å². The molecule has 29 heavy (non-hydrogen) atoms. The normalized spacial score (nSPS) is 13.3. The number of hydrogen-bond donors (Lipinski definition) is 1. The first-order valence-corrected chi connectivity index (χ1v) is 10.3. The molecule has 1 N–H and O–H groups in total. The Balaban J connectivity index is 1.72. The first-order valence-electron chi connectivity index (χ1n) is 10.3. The van der Waals surface area contributed by atoms with E-state index in [0.717, 1.165) is 24.3 Å². The lowest BCUT2D eigenvalue weighted by atomic mass is 9.88. The smallest absolute Gasteiger partial charge is 0.123 e. The monoisotopic (exact) mass is 391 g/mol. The van der Waals surface area contributed by atoms with E-state index in [2.05, 4.69) is 48.6 Å². The van der Waals surface area contributed by atoms with E-state index in [-0.39, 0.29) is 23.9 Å². The van der Waals surface area contributed by atoms with Gasteiger partial charge in [0.1, 0.15) is 11.6 Å². The second-order valence-electron chi connectivity index (χ2n) is 7.71. The van der Waals surface area contributed by atoms with Gasteiger partial charge in [-0.3, -0.25) is 0 Å². The molecule has 2 atom stereocenters. The van der Waals surface area contributed by atoms with Crippen molar-refractivity contribution in [3.63, 3.8) is 0 Å². The summed E-state index contributed by atoms with van der Waals surface area (Å²) in [6, 6.07) is 25.9. The number of nitrogens with one attached hydrogen (secondary N) is 1. The van der Waals surface area contributed by atoms with E-state index in [1.54, 1.807) is 12.1 Å². The summed E-state index contributed by atoms with van der Waals surface area (Å²) in [4.78, 5) is 0. The third-order valence-corrected chi connectivity index (χ3v) is 5.11. The van der Waals surface area contributed by atoms with Crippen LogP contribution < -0.4 is 10.1 Å². The summed E-state index contributed by atoms with van der Waals surface area (Å²) in [5.41, 5.74) is 3.61. The van der Waals surface area contributed by atoms with Crippen molar-refractivity contribution < 1.29 is 9.13 Å². The molecule has 3 heteroatoms. The van der Waals surface area contributed by atoms with Gasteiger partial charge >= 0.3 is 0 Å². The molecule has 0 amide bonds. The summed E-state index contributed by atoms with van der Waals surface area (Å²) in [5.74, 6) is 0.862. The third kappa shape index (κ3) is 6.16. The lowest BCUT2D eigenvalue weighted by Gasteiger charge is -2.21. The lowest BCUT2D eigenvalue weighted by Crippen LogP contribution is -2.21. The van der Waals surface area contributed by atoms with E-state index >= 15 is 0 Å². The van der Waals surface area contributed by atoms with E-state index in [1.807, 2.05) is 44.2 Å². The summed E-state index contributed by atoms with van der Waals surface area (Å²) in [5, 5.41) is 3.62. The highest BCUT2D eigenvalue weighted by Crippen LogP contribution is 2.30. The van der Waals surface area contributed by atoms with Crippen molar-refractivity contribution >= 4 is 0 Å². The zero-order valence-electron chi connectivity index (χ0n) is 17.4. The minimum atomic E-state index is -0.205. The molecule has 2 nitrogen and oxygen atoms in total. The highest BCUT2D eigenvalue weighted by molar-refractivity contribution is 5.36. The van der Waals surface area contributed by atoms with E-state index in [0.29, 0.717) is 0 Å². The quantitative estimate of drug-likeness (QED) is 0.450. The fraction of sp³-hybridized carbons (Fsp3) is 0.308. The Labute approximate surface area is 173 Å². The van der Waals surface area contributed by atoms with Crippen molar-refractivity contribution in [2.24, 2.45) is 0 Å². The van der Waals surface area contributed by atoms with Crippen LogP contribution in [0.3, 0.4) is 0 Å². The van der Waals surface area contributed by atoms with Gasteiger partial charge < -0.3 is 10.1 Å². The van der Waals surface area contributed by atoms with Crippen LogP contribution in [0.4, 0.5) is 4.39 Å². The van der Waals surface area contributed by atoms with Crippen LogP contribution in [0.25, 0.3) is 0 Å². The van der Waals surface area contributed by atoms with Crippen molar-refractivity contribution in [1.82, 2.24) is 5.32 Å². The molecule has 0 unspecified atom stereocenters. The standard InChI is InChI=1S/C26H30FNO/c1-19(2)29-25-15-11-23(12-16-25)26(22-9-13-24(27)14-10-22)17-18-28-20(3)21-7-5-4-6-8-21/h4-16,19-20,26,28H,17-18H2,1-3H3/t20-,26+/m1/s1. The molecule has 0 fully saturated rings. The highest BCUT2D eigenvalue weighted by atomic mass is 19.1. The number of rotatable bonds is 9. The average molecular weight is 392 g/mol. The fourth-order valence-electron chi connectivity index (χ4n) is 3.58. The van der Waals surface area contributed by atoms with Crippen LogP contribution in [0.2, 0.25) is 0 Å². The van der Waals surface area contributed by atoms with Crippen LogP contribution in [0, 0.1) is 5.82 Å². The van der Waals surface area contributed by atoms with Crippen LogP contribution >= 0.6 is 0 Å². The SMILES string of the molecule is CC(C)Oc1ccc([C@@H](CCN[C@H](C)c2ccccc2)c2ccc(F)cc2)cc1. The predicted molar refractivity (Wildman–Crippen MR) is 118 cm³/mol. The van der Waals surface area contributed by atoms with Gasteiger partial charge in [-0.2, -0.15) is 0 Å². The lowest BCUT2D eigenvalue weighted by molar-refractivity contribution is 0.242. The zero-order chi connectivity index (χ0) is 20.6. The van der Waals surface area contributed by atoms with Crippen LogP contribution in [-0.4, -0.2) is 12.6 Å². The second kappa shape index (κ2) is 10.2. The molecule has 0 aliphatic heterocycles. The molecule has 0 aromatic heterocycles. The number of benzene rings is 3. The summed E-state index contributed by atoms with van der Waals surface area (Å²) < 4.78 is 19.2. The van der Waals surface area contributed by atoms with Gasteiger partial charge in [-0.05, 0) is 74.7 Å². The van der Waals surface area contributed by atoms with Gasteiger partial charge in [0.25, 0.3) is 0 Å². The van der Waals surface area contributed by atoms with Crippen molar-refractivity contribution in [2.45, 2.75) is 45.3 Å². The van der Waals surface area contributed by atoms with Gasteiger partial charge in [-0.1, -0.05) is 54.6 Å². The summed E-state index contributed by atoms with van der Waals surface area (Å²) in [6.45, 7) is 7.09. The summed E-state index contributed by atoms with van der Waals surface area (Å²) >= 11 is 0. The molecule has 0 bridgehead atoms.